The molecular formula is C19H16N2O3S. The minimum atomic E-state index is -0.238. The van der Waals surface area contributed by atoms with E-state index in [2.05, 4.69) is 22.4 Å². The molecule has 0 radical (unpaired) electrons. The molecule has 0 atom stereocenters. The molecule has 5 nitrogen and oxygen atoms in total. The predicted octanol–water partition coefficient (Wildman–Crippen LogP) is 3.98. The van der Waals surface area contributed by atoms with Crippen LogP contribution < -0.4 is 14.8 Å². The molecule has 0 bridgehead atoms. The first-order chi connectivity index (χ1) is 12.2. The Morgan fingerprint density at radius 2 is 1.84 bits per heavy atom. The molecule has 1 aromatic heterocycles. The van der Waals surface area contributed by atoms with Gasteiger partial charge in [-0.1, -0.05) is 24.3 Å². The number of benzene rings is 2. The Balaban J connectivity index is 1.59. The molecule has 0 saturated heterocycles. The number of aromatic nitrogens is 1. The van der Waals surface area contributed by atoms with Crippen LogP contribution in [0.2, 0.25) is 0 Å². The maximum absolute atomic E-state index is 12.6. The highest BCUT2D eigenvalue weighted by molar-refractivity contribution is 7.16. The van der Waals surface area contributed by atoms with Gasteiger partial charge in [-0.3, -0.25) is 10.1 Å². The van der Waals surface area contributed by atoms with Crippen molar-refractivity contribution in [2.24, 2.45) is 0 Å². The monoisotopic (exact) mass is 352 g/mol. The summed E-state index contributed by atoms with van der Waals surface area (Å²) in [6, 6.07) is 13.3. The van der Waals surface area contributed by atoms with Gasteiger partial charge >= 0.3 is 0 Å². The van der Waals surface area contributed by atoms with Crippen LogP contribution in [-0.4, -0.2) is 25.1 Å². The molecule has 1 aliphatic rings. The largest absolute Gasteiger partial charge is 0.497 e. The van der Waals surface area contributed by atoms with Gasteiger partial charge in [-0.25, -0.2) is 4.98 Å². The van der Waals surface area contributed by atoms with Crippen molar-refractivity contribution >= 4 is 22.4 Å². The third kappa shape index (κ3) is 2.85. The number of nitrogens with one attached hydrogen (secondary N) is 1. The summed E-state index contributed by atoms with van der Waals surface area (Å²) in [4.78, 5) is 18.4. The second kappa shape index (κ2) is 6.22. The van der Waals surface area contributed by atoms with Crippen molar-refractivity contribution in [1.29, 1.82) is 0 Å². The lowest BCUT2D eigenvalue weighted by atomic mass is 10.1. The van der Waals surface area contributed by atoms with E-state index >= 15 is 0 Å². The van der Waals surface area contributed by atoms with Gasteiger partial charge in [-0.05, 0) is 17.7 Å². The Labute approximate surface area is 149 Å². The Morgan fingerprint density at radius 1 is 1.12 bits per heavy atom. The number of amides is 1. The fourth-order valence-corrected chi connectivity index (χ4v) is 3.92. The van der Waals surface area contributed by atoms with Crippen molar-refractivity contribution in [2.45, 2.75) is 6.42 Å². The summed E-state index contributed by atoms with van der Waals surface area (Å²) in [7, 11) is 3.11. The SMILES string of the molecule is COc1cc(OC)cc(C(=O)Nc2nc3c(s2)Cc2ccccc2-3)c1. The van der Waals surface area contributed by atoms with Crippen molar-refractivity contribution in [2.75, 3.05) is 19.5 Å². The maximum Gasteiger partial charge on any atom is 0.257 e. The molecular weight excluding hydrogens is 336 g/mol. The third-order valence-electron chi connectivity index (χ3n) is 4.15. The van der Waals surface area contributed by atoms with E-state index in [1.54, 1.807) is 32.4 Å². The first kappa shape index (κ1) is 15.7. The van der Waals surface area contributed by atoms with E-state index in [0.29, 0.717) is 22.2 Å². The van der Waals surface area contributed by atoms with Crippen LogP contribution in [0, 0.1) is 0 Å². The van der Waals surface area contributed by atoms with E-state index in [9.17, 15) is 4.79 Å². The Hall–Kier alpha value is -2.86. The summed E-state index contributed by atoms with van der Waals surface area (Å²) in [6.45, 7) is 0. The van der Waals surface area contributed by atoms with Crippen LogP contribution in [0.1, 0.15) is 20.8 Å². The summed E-state index contributed by atoms with van der Waals surface area (Å²) >= 11 is 1.52. The van der Waals surface area contributed by atoms with Crippen molar-refractivity contribution < 1.29 is 14.3 Å². The van der Waals surface area contributed by atoms with Crippen LogP contribution in [0.25, 0.3) is 11.3 Å². The Bertz CT molecular complexity index is 943. The van der Waals surface area contributed by atoms with Gasteiger partial charge in [0.2, 0.25) is 0 Å². The summed E-state index contributed by atoms with van der Waals surface area (Å²) in [5.74, 6) is 0.901. The van der Waals surface area contributed by atoms with E-state index in [4.69, 9.17) is 9.47 Å². The number of thiazole rings is 1. The van der Waals surface area contributed by atoms with Crippen LogP contribution >= 0.6 is 11.3 Å². The number of nitrogens with zero attached hydrogens (tertiary/aromatic N) is 1. The molecule has 1 amide bonds. The van der Waals surface area contributed by atoms with Gasteiger partial charge in [0.1, 0.15) is 11.5 Å². The van der Waals surface area contributed by atoms with Crippen molar-refractivity contribution in [3.63, 3.8) is 0 Å². The van der Waals surface area contributed by atoms with Crippen molar-refractivity contribution in [3.8, 4) is 22.8 Å². The van der Waals surface area contributed by atoms with E-state index in [0.717, 1.165) is 17.7 Å². The number of anilines is 1. The molecule has 2 aromatic carbocycles. The highest BCUT2D eigenvalue weighted by Crippen LogP contribution is 2.40. The zero-order valence-corrected chi connectivity index (χ0v) is 14.6. The molecule has 1 aliphatic carbocycles. The van der Waals surface area contributed by atoms with Gasteiger partial charge in [0.25, 0.3) is 5.91 Å². The molecule has 6 heteroatoms. The molecule has 1 heterocycles. The van der Waals surface area contributed by atoms with E-state index in [1.807, 2.05) is 12.1 Å². The number of hydrogen-bond donors (Lipinski definition) is 1. The maximum atomic E-state index is 12.6. The number of carbonyl (C=O) groups excluding carboxylic acids is 1. The minimum absolute atomic E-state index is 0.238. The van der Waals surface area contributed by atoms with Crippen molar-refractivity contribution in [3.05, 3.63) is 58.5 Å². The zero-order valence-electron chi connectivity index (χ0n) is 13.8. The number of rotatable bonds is 4. The molecule has 3 aromatic rings. The summed E-state index contributed by atoms with van der Waals surface area (Å²) < 4.78 is 10.4. The van der Waals surface area contributed by atoms with Crippen LogP contribution in [0.5, 0.6) is 11.5 Å². The van der Waals surface area contributed by atoms with E-state index in [1.165, 1.54) is 21.8 Å². The van der Waals surface area contributed by atoms with Gasteiger partial charge in [-0.2, -0.15) is 0 Å². The van der Waals surface area contributed by atoms with E-state index < -0.39 is 0 Å². The molecule has 126 valence electrons. The van der Waals surface area contributed by atoms with Crippen LogP contribution in [-0.2, 0) is 6.42 Å². The lowest BCUT2D eigenvalue weighted by Gasteiger charge is -2.08. The standard InChI is InChI=1S/C19H16N2O3S/c1-23-13-7-12(8-14(10-13)24-2)18(22)21-19-20-17-15-6-4-3-5-11(15)9-16(17)25-19/h3-8,10H,9H2,1-2H3,(H,20,21,22). The zero-order chi connectivity index (χ0) is 17.4. The molecule has 25 heavy (non-hydrogen) atoms. The topological polar surface area (TPSA) is 60.5 Å². The number of ether oxygens (including phenoxy) is 2. The average Bonchev–Trinajstić information content (AvgIpc) is 3.18. The van der Waals surface area contributed by atoms with Crippen LogP contribution in [0.4, 0.5) is 5.13 Å². The summed E-state index contributed by atoms with van der Waals surface area (Å²) in [5.41, 5.74) is 3.87. The van der Waals surface area contributed by atoms with Gasteiger partial charge in [0.15, 0.2) is 5.13 Å². The highest BCUT2D eigenvalue weighted by Gasteiger charge is 2.23. The summed E-state index contributed by atoms with van der Waals surface area (Å²) in [5, 5.41) is 3.48. The normalized spacial score (nSPS) is 11.6. The second-order valence-corrected chi connectivity index (χ2v) is 6.76. The molecule has 0 aliphatic heterocycles. The predicted molar refractivity (Wildman–Crippen MR) is 97.9 cm³/mol. The minimum Gasteiger partial charge on any atom is -0.497 e. The first-order valence-corrected chi connectivity index (χ1v) is 8.62. The fourth-order valence-electron chi connectivity index (χ4n) is 2.92. The average molecular weight is 352 g/mol. The quantitative estimate of drug-likeness (QED) is 0.603. The molecule has 1 N–H and O–H groups in total. The third-order valence-corrected chi connectivity index (χ3v) is 5.13. The molecule has 0 spiro atoms. The lowest BCUT2D eigenvalue weighted by Crippen LogP contribution is -2.12. The fraction of sp³-hybridized carbons (Fsp3) is 0.158. The Morgan fingerprint density at radius 3 is 2.56 bits per heavy atom. The van der Waals surface area contributed by atoms with Gasteiger partial charge in [-0.15, -0.1) is 11.3 Å². The second-order valence-electron chi connectivity index (χ2n) is 5.68. The number of methoxy groups -OCH3 is 2. The number of fused-ring (bicyclic) bond motifs is 3. The smallest absolute Gasteiger partial charge is 0.257 e. The molecule has 0 fully saturated rings. The Kier molecular flexibility index (Phi) is 3.89. The van der Waals surface area contributed by atoms with Crippen LogP contribution in [0.15, 0.2) is 42.5 Å². The van der Waals surface area contributed by atoms with E-state index in [-0.39, 0.29) is 5.91 Å². The number of carbonyl (C=O) groups is 1. The molecule has 0 saturated carbocycles. The first-order valence-electron chi connectivity index (χ1n) is 7.80. The molecule has 0 unspecified atom stereocenters. The van der Waals surface area contributed by atoms with Crippen molar-refractivity contribution in [1.82, 2.24) is 4.98 Å². The highest BCUT2D eigenvalue weighted by atomic mass is 32.1. The lowest BCUT2D eigenvalue weighted by molar-refractivity contribution is 0.102. The van der Waals surface area contributed by atoms with Gasteiger partial charge in [0.05, 0.1) is 19.9 Å². The van der Waals surface area contributed by atoms with Gasteiger partial charge in [0, 0.05) is 28.5 Å². The molecule has 4 rings (SSSR count). The number of hydrogen-bond acceptors (Lipinski definition) is 5. The van der Waals surface area contributed by atoms with Crippen LogP contribution in [0.3, 0.4) is 0 Å². The van der Waals surface area contributed by atoms with Gasteiger partial charge < -0.3 is 9.47 Å². The summed E-state index contributed by atoms with van der Waals surface area (Å²) in [6.07, 6.45) is 0.867.